The number of aliphatic hydroxyl groups is 1. The fourth-order valence-electron chi connectivity index (χ4n) is 3.02. The van der Waals surface area contributed by atoms with Crippen LogP contribution in [0.5, 0.6) is 0 Å². The third kappa shape index (κ3) is 2.98. The van der Waals surface area contributed by atoms with Gasteiger partial charge < -0.3 is 9.84 Å². The van der Waals surface area contributed by atoms with E-state index >= 15 is 0 Å². The highest BCUT2D eigenvalue weighted by atomic mass is 19.1. The maximum Gasteiger partial charge on any atom is 0.129 e. The number of benzene rings is 1. The number of hydrogen-bond donors (Lipinski definition) is 1. The number of ether oxygens (including phenoxy) is 1. The second-order valence-electron chi connectivity index (χ2n) is 5.60. The number of aliphatic hydroxyl groups excluding tert-OH is 1. The van der Waals surface area contributed by atoms with Gasteiger partial charge in [-0.1, -0.05) is 25.1 Å². The van der Waals surface area contributed by atoms with Crippen molar-refractivity contribution in [2.75, 3.05) is 6.61 Å². The SMILES string of the molecule is CCOC1(C(O)c2ccccc2F)CCC(C)CC1. The van der Waals surface area contributed by atoms with Crippen LogP contribution in [0.3, 0.4) is 0 Å². The zero-order valence-corrected chi connectivity index (χ0v) is 11.7. The molecule has 1 unspecified atom stereocenters. The Morgan fingerprint density at radius 3 is 2.58 bits per heavy atom. The van der Waals surface area contributed by atoms with Gasteiger partial charge in [0.25, 0.3) is 0 Å². The van der Waals surface area contributed by atoms with Gasteiger partial charge >= 0.3 is 0 Å². The van der Waals surface area contributed by atoms with Crippen molar-refractivity contribution in [2.24, 2.45) is 5.92 Å². The standard InChI is InChI=1S/C16H23FO2/c1-3-19-16(10-8-12(2)9-11-16)15(18)13-6-4-5-7-14(13)17/h4-7,12,15,18H,3,8-11H2,1-2H3. The van der Waals surface area contributed by atoms with Gasteiger partial charge in [0.2, 0.25) is 0 Å². The Morgan fingerprint density at radius 2 is 2.00 bits per heavy atom. The van der Waals surface area contributed by atoms with Crippen LogP contribution in [0.4, 0.5) is 4.39 Å². The predicted octanol–water partition coefficient (Wildman–Crippen LogP) is 3.84. The van der Waals surface area contributed by atoms with Gasteiger partial charge in [-0.2, -0.15) is 0 Å². The molecule has 0 bridgehead atoms. The molecule has 1 N–H and O–H groups in total. The van der Waals surface area contributed by atoms with Gasteiger partial charge in [-0.15, -0.1) is 0 Å². The maximum atomic E-state index is 13.9. The molecule has 1 fully saturated rings. The molecule has 0 radical (unpaired) electrons. The van der Waals surface area contributed by atoms with Crippen LogP contribution < -0.4 is 0 Å². The van der Waals surface area contributed by atoms with E-state index in [0.29, 0.717) is 18.1 Å². The zero-order valence-electron chi connectivity index (χ0n) is 11.7. The molecule has 2 nitrogen and oxygen atoms in total. The number of hydrogen-bond acceptors (Lipinski definition) is 2. The minimum atomic E-state index is -0.888. The molecule has 0 aliphatic heterocycles. The first-order valence-corrected chi connectivity index (χ1v) is 7.15. The van der Waals surface area contributed by atoms with Crippen molar-refractivity contribution in [2.45, 2.75) is 51.2 Å². The smallest absolute Gasteiger partial charge is 0.129 e. The fourth-order valence-corrected chi connectivity index (χ4v) is 3.02. The van der Waals surface area contributed by atoms with Crippen LogP contribution in [0, 0.1) is 11.7 Å². The van der Waals surface area contributed by atoms with Gasteiger partial charge in [-0.25, -0.2) is 4.39 Å². The van der Waals surface area contributed by atoms with Gasteiger partial charge in [0.15, 0.2) is 0 Å². The van der Waals surface area contributed by atoms with Crippen LogP contribution in [0.2, 0.25) is 0 Å². The van der Waals surface area contributed by atoms with Crippen molar-refractivity contribution in [1.29, 1.82) is 0 Å². The molecular formula is C16H23FO2. The summed E-state index contributed by atoms with van der Waals surface area (Å²) in [6.45, 7) is 4.68. The average Bonchev–Trinajstić information content (AvgIpc) is 2.42. The Morgan fingerprint density at radius 1 is 1.37 bits per heavy atom. The highest BCUT2D eigenvalue weighted by molar-refractivity contribution is 5.23. The summed E-state index contributed by atoms with van der Waals surface area (Å²) in [4.78, 5) is 0. The molecule has 0 amide bonds. The van der Waals surface area contributed by atoms with Gasteiger partial charge in [0.1, 0.15) is 11.9 Å². The first-order valence-electron chi connectivity index (χ1n) is 7.15. The Hall–Kier alpha value is -0.930. The van der Waals surface area contributed by atoms with Gasteiger partial charge in [-0.3, -0.25) is 0 Å². The predicted molar refractivity (Wildman–Crippen MR) is 73.3 cm³/mol. The first kappa shape index (κ1) is 14.5. The Labute approximate surface area is 114 Å². The van der Waals surface area contributed by atoms with Crippen molar-refractivity contribution in [1.82, 2.24) is 0 Å². The quantitative estimate of drug-likeness (QED) is 0.897. The summed E-state index contributed by atoms with van der Waals surface area (Å²) in [5.74, 6) is 0.300. The van der Waals surface area contributed by atoms with E-state index in [0.717, 1.165) is 25.7 Å². The minimum Gasteiger partial charge on any atom is -0.385 e. The van der Waals surface area contributed by atoms with Gasteiger partial charge in [0.05, 0.1) is 5.60 Å². The molecule has 0 saturated heterocycles. The second-order valence-corrected chi connectivity index (χ2v) is 5.60. The summed E-state index contributed by atoms with van der Waals surface area (Å²) in [6.07, 6.45) is 2.73. The number of halogens is 1. The Bertz CT molecular complexity index is 411. The third-order valence-electron chi connectivity index (χ3n) is 4.25. The summed E-state index contributed by atoms with van der Waals surface area (Å²) < 4.78 is 19.7. The molecule has 106 valence electrons. The summed E-state index contributed by atoms with van der Waals surface area (Å²) in [7, 11) is 0. The van der Waals surface area contributed by atoms with E-state index in [9.17, 15) is 9.50 Å². The normalized spacial score (nSPS) is 29.2. The number of rotatable bonds is 4. The van der Waals surface area contributed by atoms with Gasteiger partial charge in [0, 0.05) is 12.2 Å². The highest BCUT2D eigenvalue weighted by Crippen LogP contribution is 2.43. The van der Waals surface area contributed by atoms with Crippen molar-refractivity contribution in [3.63, 3.8) is 0 Å². The van der Waals surface area contributed by atoms with E-state index in [-0.39, 0.29) is 5.82 Å². The molecule has 1 saturated carbocycles. The van der Waals surface area contributed by atoms with E-state index in [1.165, 1.54) is 6.07 Å². The molecular weight excluding hydrogens is 243 g/mol. The summed E-state index contributed by atoms with van der Waals surface area (Å²) in [5, 5.41) is 10.6. The molecule has 1 atom stereocenters. The topological polar surface area (TPSA) is 29.5 Å². The molecule has 2 rings (SSSR count). The summed E-state index contributed by atoms with van der Waals surface area (Å²) in [6, 6.07) is 6.44. The lowest BCUT2D eigenvalue weighted by Crippen LogP contribution is -2.43. The van der Waals surface area contributed by atoms with Crippen molar-refractivity contribution in [3.05, 3.63) is 35.6 Å². The van der Waals surface area contributed by atoms with E-state index in [4.69, 9.17) is 4.74 Å². The highest BCUT2D eigenvalue weighted by Gasteiger charge is 2.42. The van der Waals surface area contributed by atoms with E-state index in [2.05, 4.69) is 6.92 Å². The van der Waals surface area contributed by atoms with Crippen LogP contribution in [0.15, 0.2) is 24.3 Å². The Balaban J connectivity index is 2.26. The molecule has 3 heteroatoms. The second kappa shape index (κ2) is 6.02. The monoisotopic (exact) mass is 266 g/mol. The first-order chi connectivity index (χ1) is 9.09. The summed E-state index contributed by atoms with van der Waals surface area (Å²) in [5.41, 5.74) is -0.269. The van der Waals surface area contributed by atoms with Gasteiger partial charge in [-0.05, 0) is 44.6 Å². The molecule has 1 aromatic rings. The zero-order chi connectivity index (χ0) is 13.9. The van der Waals surface area contributed by atoms with E-state index < -0.39 is 11.7 Å². The van der Waals surface area contributed by atoms with Crippen LogP contribution in [-0.2, 0) is 4.74 Å². The molecule has 19 heavy (non-hydrogen) atoms. The lowest BCUT2D eigenvalue weighted by molar-refractivity contribution is -0.147. The molecule has 0 heterocycles. The average molecular weight is 266 g/mol. The van der Waals surface area contributed by atoms with Crippen LogP contribution in [0.1, 0.15) is 51.2 Å². The molecule has 1 aromatic carbocycles. The molecule has 0 aromatic heterocycles. The van der Waals surface area contributed by atoms with E-state index in [1.807, 2.05) is 6.92 Å². The van der Waals surface area contributed by atoms with Crippen molar-refractivity contribution < 1.29 is 14.2 Å². The van der Waals surface area contributed by atoms with Crippen LogP contribution in [0.25, 0.3) is 0 Å². The summed E-state index contributed by atoms with van der Waals surface area (Å²) >= 11 is 0. The van der Waals surface area contributed by atoms with Crippen LogP contribution in [-0.4, -0.2) is 17.3 Å². The fraction of sp³-hybridized carbons (Fsp3) is 0.625. The van der Waals surface area contributed by atoms with Crippen molar-refractivity contribution >= 4 is 0 Å². The lowest BCUT2D eigenvalue weighted by Gasteiger charge is -2.42. The van der Waals surface area contributed by atoms with Crippen LogP contribution >= 0.6 is 0 Å². The van der Waals surface area contributed by atoms with E-state index in [1.54, 1.807) is 18.2 Å². The molecule has 1 aliphatic carbocycles. The minimum absolute atomic E-state index is 0.352. The largest absolute Gasteiger partial charge is 0.385 e. The van der Waals surface area contributed by atoms with Crippen molar-refractivity contribution in [3.8, 4) is 0 Å². The maximum absolute atomic E-state index is 13.9. The third-order valence-corrected chi connectivity index (χ3v) is 4.25. The molecule has 1 aliphatic rings. The Kier molecular flexibility index (Phi) is 4.58. The lowest BCUT2D eigenvalue weighted by atomic mass is 9.74. The molecule has 0 spiro atoms.